The Morgan fingerprint density at radius 2 is 2.11 bits per heavy atom. The molecule has 3 rings (SSSR count). The van der Waals surface area contributed by atoms with Gasteiger partial charge in [-0.05, 0) is 49.5 Å². The molecule has 1 heterocycles. The molecule has 2 aromatic rings. The summed E-state index contributed by atoms with van der Waals surface area (Å²) in [6, 6.07) is 5.71. The highest BCUT2D eigenvalue weighted by atomic mass is 16.6. The van der Waals surface area contributed by atoms with Gasteiger partial charge in [0.1, 0.15) is 5.52 Å². The summed E-state index contributed by atoms with van der Waals surface area (Å²) in [5.74, 6) is -0.163. The molecule has 28 heavy (non-hydrogen) atoms. The number of carbonyl (C=O) groups excluding carboxylic acids is 1. The second-order valence-corrected chi connectivity index (χ2v) is 8.00. The third kappa shape index (κ3) is 4.81. The molecule has 1 aromatic carbocycles. The first-order chi connectivity index (χ1) is 13.3. The molecule has 0 spiro atoms. The molecule has 0 unspecified atom stereocenters. The van der Waals surface area contributed by atoms with Crippen LogP contribution in [0.1, 0.15) is 32.8 Å². The number of benzene rings is 1. The second-order valence-electron chi connectivity index (χ2n) is 8.00. The highest BCUT2D eigenvalue weighted by Gasteiger charge is 2.26. The minimum Gasteiger partial charge on any atom is -0.440 e. The molecular weight excluding hydrogens is 356 g/mol. The van der Waals surface area contributed by atoms with Crippen molar-refractivity contribution in [2.75, 3.05) is 26.9 Å². The fourth-order valence-electron chi connectivity index (χ4n) is 3.53. The van der Waals surface area contributed by atoms with Crippen LogP contribution in [0.2, 0.25) is 0 Å². The molecular formula is C22H28N2O4. The predicted octanol–water partition coefficient (Wildman–Crippen LogP) is 4.25. The quantitative estimate of drug-likeness (QED) is 0.714. The van der Waals surface area contributed by atoms with E-state index in [1.807, 2.05) is 25.1 Å². The maximum absolute atomic E-state index is 12.9. The van der Waals surface area contributed by atoms with Crippen LogP contribution in [0.5, 0.6) is 6.08 Å². The van der Waals surface area contributed by atoms with Crippen molar-refractivity contribution in [3.63, 3.8) is 0 Å². The lowest BCUT2D eigenvalue weighted by Gasteiger charge is -2.32. The molecule has 0 fully saturated rings. The molecule has 0 aliphatic heterocycles. The minimum absolute atomic E-state index is 0.00121. The smallest absolute Gasteiger partial charge is 0.395 e. The molecule has 6 heteroatoms. The van der Waals surface area contributed by atoms with Gasteiger partial charge in [0.2, 0.25) is 0 Å². The molecule has 0 bridgehead atoms. The number of amides is 1. The Labute approximate surface area is 165 Å². The maximum Gasteiger partial charge on any atom is 0.395 e. The Balaban J connectivity index is 1.74. The largest absolute Gasteiger partial charge is 0.440 e. The van der Waals surface area contributed by atoms with E-state index in [4.69, 9.17) is 13.9 Å². The van der Waals surface area contributed by atoms with E-state index in [2.05, 4.69) is 37.9 Å². The van der Waals surface area contributed by atoms with Crippen molar-refractivity contribution in [1.82, 2.24) is 9.88 Å². The van der Waals surface area contributed by atoms with E-state index in [0.29, 0.717) is 24.3 Å². The lowest BCUT2D eigenvalue weighted by atomic mass is 9.81. The third-order valence-corrected chi connectivity index (χ3v) is 4.64. The number of rotatable bonds is 7. The van der Waals surface area contributed by atoms with Crippen molar-refractivity contribution in [3.05, 3.63) is 47.2 Å². The molecule has 0 atom stereocenters. The van der Waals surface area contributed by atoms with Crippen LogP contribution in [0.25, 0.3) is 11.1 Å². The van der Waals surface area contributed by atoms with Crippen LogP contribution in [-0.4, -0.2) is 42.7 Å². The number of methoxy groups -OCH3 is 1. The Morgan fingerprint density at radius 1 is 1.32 bits per heavy atom. The number of oxazole rings is 1. The van der Waals surface area contributed by atoms with E-state index < -0.39 is 0 Å². The van der Waals surface area contributed by atoms with Gasteiger partial charge in [0.15, 0.2) is 12.2 Å². The number of carbonyl (C=O) groups is 1. The van der Waals surface area contributed by atoms with Crippen molar-refractivity contribution in [1.29, 1.82) is 0 Å². The van der Waals surface area contributed by atoms with Gasteiger partial charge < -0.3 is 18.8 Å². The maximum atomic E-state index is 12.9. The summed E-state index contributed by atoms with van der Waals surface area (Å²) in [5, 5.41) is 0. The van der Waals surface area contributed by atoms with Gasteiger partial charge in [0.05, 0.1) is 6.61 Å². The van der Waals surface area contributed by atoms with Gasteiger partial charge in [-0.1, -0.05) is 31.6 Å². The zero-order chi connectivity index (χ0) is 20.3. The average molecular weight is 384 g/mol. The van der Waals surface area contributed by atoms with Crippen LogP contribution >= 0.6 is 0 Å². The Bertz CT molecular complexity index is 924. The first kappa shape index (κ1) is 20.1. The number of hydrogen-bond acceptors (Lipinski definition) is 5. The number of aryl methyl sites for hydroxylation is 1. The van der Waals surface area contributed by atoms with Crippen LogP contribution in [-0.2, 0) is 9.53 Å². The monoisotopic (exact) mass is 384 g/mol. The van der Waals surface area contributed by atoms with E-state index in [1.54, 1.807) is 12.0 Å². The second kappa shape index (κ2) is 8.19. The number of aromatic nitrogens is 1. The molecule has 1 amide bonds. The molecule has 1 aromatic heterocycles. The Hall–Kier alpha value is -2.60. The summed E-state index contributed by atoms with van der Waals surface area (Å²) in [6.45, 7) is 9.15. The van der Waals surface area contributed by atoms with Gasteiger partial charge >= 0.3 is 6.08 Å². The van der Waals surface area contributed by atoms with Crippen LogP contribution in [0.3, 0.4) is 0 Å². The SMILES string of the molecule is COCCN(C(=O)COc1nc2cc(C)ccc2o1)C1=CC(C)(C)CC(C)=C1. The summed E-state index contributed by atoms with van der Waals surface area (Å²) in [6.07, 6.45) is 5.27. The molecule has 0 saturated heterocycles. The number of nitrogens with zero attached hydrogens (tertiary/aromatic N) is 2. The summed E-state index contributed by atoms with van der Waals surface area (Å²) < 4.78 is 16.3. The highest BCUT2D eigenvalue weighted by molar-refractivity contribution is 5.80. The normalized spacial score (nSPS) is 15.9. The van der Waals surface area contributed by atoms with Crippen LogP contribution in [0.15, 0.2) is 46.0 Å². The minimum atomic E-state index is -0.163. The topological polar surface area (TPSA) is 64.8 Å². The standard InChI is InChI=1S/C22H28N2O4/c1-15-6-7-19-18(11-15)23-21(28-19)27-14-20(25)24(8-9-26-5)17-10-16(2)12-22(3,4)13-17/h6-7,10-11,13H,8-9,12,14H2,1-5H3. The van der Waals surface area contributed by atoms with E-state index >= 15 is 0 Å². The van der Waals surface area contributed by atoms with Gasteiger partial charge in [0.25, 0.3) is 5.91 Å². The van der Waals surface area contributed by atoms with Gasteiger partial charge in [-0.25, -0.2) is 0 Å². The molecule has 6 nitrogen and oxygen atoms in total. The number of ether oxygens (including phenoxy) is 2. The molecule has 150 valence electrons. The van der Waals surface area contributed by atoms with Crippen molar-refractivity contribution in [3.8, 4) is 6.08 Å². The lowest BCUT2D eigenvalue weighted by Crippen LogP contribution is -2.37. The molecule has 1 aliphatic rings. The van der Waals surface area contributed by atoms with Crippen LogP contribution in [0.4, 0.5) is 0 Å². The van der Waals surface area contributed by atoms with Crippen molar-refractivity contribution < 1.29 is 18.7 Å². The molecule has 0 saturated carbocycles. The fourth-order valence-corrected chi connectivity index (χ4v) is 3.53. The first-order valence-corrected chi connectivity index (χ1v) is 9.47. The van der Waals surface area contributed by atoms with Crippen LogP contribution < -0.4 is 4.74 Å². The molecule has 0 N–H and O–H groups in total. The van der Waals surface area contributed by atoms with Crippen molar-refractivity contribution in [2.24, 2.45) is 5.41 Å². The molecule has 0 radical (unpaired) electrons. The Kier molecular flexibility index (Phi) is 5.89. The van der Waals surface area contributed by atoms with Crippen molar-refractivity contribution in [2.45, 2.75) is 34.1 Å². The predicted molar refractivity (Wildman–Crippen MR) is 108 cm³/mol. The summed E-state index contributed by atoms with van der Waals surface area (Å²) >= 11 is 0. The first-order valence-electron chi connectivity index (χ1n) is 9.47. The van der Waals surface area contributed by atoms with E-state index in [0.717, 1.165) is 17.7 Å². The fraction of sp³-hybridized carbons (Fsp3) is 0.455. The zero-order valence-corrected chi connectivity index (χ0v) is 17.2. The zero-order valence-electron chi connectivity index (χ0n) is 17.2. The van der Waals surface area contributed by atoms with Crippen molar-refractivity contribution >= 4 is 17.0 Å². The average Bonchev–Trinajstić information content (AvgIpc) is 3.00. The summed E-state index contributed by atoms with van der Waals surface area (Å²) in [5.41, 5.74) is 4.57. The van der Waals surface area contributed by atoms with Gasteiger partial charge in [-0.3, -0.25) is 4.79 Å². The third-order valence-electron chi connectivity index (χ3n) is 4.64. The number of allylic oxidation sites excluding steroid dienone is 3. The summed E-state index contributed by atoms with van der Waals surface area (Å²) in [4.78, 5) is 18.9. The number of hydrogen-bond donors (Lipinski definition) is 0. The Morgan fingerprint density at radius 3 is 2.82 bits per heavy atom. The lowest BCUT2D eigenvalue weighted by molar-refractivity contribution is -0.132. The number of fused-ring (bicyclic) bond motifs is 1. The van der Waals surface area contributed by atoms with Gasteiger partial charge in [0, 0.05) is 19.4 Å². The summed E-state index contributed by atoms with van der Waals surface area (Å²) in [7, 11) is 1.62. The van der Waals surface area contributed by atoms with E-state index in [-0.39, 0.29) is 24.0 Å². The molecule has 1 aliphatic carbocycles. The van der Waals surface area contributed by atoms with E-state index in [1.165, 1.54) is 5.57 Å². The highest BCUT2D eigenvalue weighted by Crippen LogP contribution is 2.34. The van der Waals surface area contributed by atoms with Gasteiger partial charge in [-0.15, -0.1) is 0 Å². The van der Waals surface area contributed by atoms with Crippen LogP contribution in [0, 0.1) is 12.3 Å². The van der Waals surface area contributed by atoms with E-state index in [9.17, 15) is 4.79 Å². The van der Waals surface area contributed by atoms with Gasteiger partial charge in [-0.2, -0.15) is 4.98 Å².